The highest BCUT2D eigenvalue weighted by Crippen LogP contribution is 1.94. The monoisotopic (exact) mass is 383 g/mol. The summed E-state index contributed by atoms with van der Waals surface area (Å²) in [6.45, 7) is 3.17. The second-order valence-corrected chi connectivity index (χ2v) is 6.05. The third-order valence-electron chi connectivity index (χ3n) is 3.58. The topological polar surface area (TPSA) is 139 Å². The average Bonchev–Trinajstić information content (AvgIpc) is 2.65. The molecule has 0 aromatic carbocycles. The van der Waals surface area contributed by atoms with Gasteiger partial charge in [0, 0.05) is 38.5 Å². The van der Waals surface area contributed by atoms with Gasteiger partial charge in [-0.25, -0.2) is 0 Å². The molecule has 0 atom stereocenters. The Hall–Kier alpha value is -2.58. The van der Waals surface area contributed by atoms with Crippen LogP contribution in [0.15, 0.2) is 0 Å². The van der Waals surface area contributed by atoms with Crippen LogP contribution in [0, 0.1) is 0 Å². The largest absolute Gasteiger partial charge is 0.349 e. The van der Waals surface area contributed by atoms with Crippen molar-refractivity contribution in [3.63, 3.8) is 0 Å². The van der Waals surface area contributed by atoms with E-state index in [1.54, 1.807) is 6.92 Å². The van der Waals surface area contributed by atoms with Gasteiger partial charge in [-0.2, -0.15) is 0 Å². The van der Waals surface area contributed by atoms with Crippen molar-refractivity contribution in [1.29, 1.82) is 0 Å². The van der Waals surface area contributed by atoms with Gasteiger partial charge in [0.2, 0.25) is 17.7 Å². The van der Waals surface area contributed by atoms with E-state index in [9.17, 15) is 28.8 Å². The number of nitrogens with one attached hydrogen (secondary N) is 3. The first-order chi connectivity index (χ1) is 12.8. The van der Waals surface area contributed by atoms with Crippen LogP contribution in [0.25, 0.3) is 0 Å². The summed E-state index contributed by atoms with van der Waals surface area (Å²) in [4.78, 5) is 68.6. The molecule has 0 unspecified atom stereocenters. The maximum atomic E-state index is 11.6. The van der Waals surface area contributed by atoms with E-state index in [0.29, 0.717) is 19.3 Å². The molecule has 27 heavy (non-hydrogen) atoms. The fourth-order valence-corrected chi connectivity index (χ4v) is 1.89. The van der Waals surface area contributed by atoms with Gasteiger partial charge >= 0.3 is 0 Å². The predicted octanol–water partition coefficient (Wildman–Crippen LogP) is -0.187. The quantitative estimate of drug-likeness (QED) is 0.358. The van der Waals surface area contributed by atoms with Crippen LogP contribution in [0.2, 0.25) is 0 Å². The van der Waals surface area contributed by atoms with Crippen LogP contribution in [-0.2, 0) is 28.8 Å². The molecule has 3 N–H and O–H groups in total. The van der Waals surface area contributed by atoms with Gasteiger partial charge in [-0.3, -0.25) is 28.8 Å². The van der Waals surface area contributed by atoms with E-state index >= 15 is 0 Å². The molecule has 0 heterocycles. The first-order valence-electron chi connectivity index (χ1n) is 9.13. The Morgan fingerprint density at radius 1 is 0.519 bits per heavy atom. The van der Waals surface area contributed by atoms with Crippen molar-refractivity contribution in [3.05, 3.63) is 0 Å². The molecule has 9 heteroatoms. The van der Waals surface area contributed by atoms with E-state index in [0.717, 1.165) is 0 Å². The molecule has 0 saturated heterocycles. The lowest BCUT2D eigenvalue weighted by atomic mass is 10.2. The molecule has 0 spiro atoms. The summed E-state index contributed by atoms with van der Waals surface area (Å²) in [5.41, 5.74) is 0. The minimum absolute atomic E-state index is 0.0275. The summed E-state index contributed by atoms with van der Waals surface area (Å²) >= 11 is 0. The summed E-state index contributed by atoms with van der Waals surface area (Å²) in [5, 5.41) is 7.28. The lowest BCUT2D eigenvalue weighted by molar-refractivity contribution is -0.128. The Kier molecular flexibility index (Phi) is 13.2. The number of carbonyl (C=O) groups excluding carboxylic acids is 6. The Labute approximate surface area is 159 Å². The van der Waals surface area contributed by atoms with Gasteiger partial charge < -0.3 is 16.0 Å². The zero-order valence-corrected chi connectivity index (χ0v) is 16.0. The van der Waals surface area contributed by atoms with Crippen molar-refractivity contribution in [2.45, 2.75) is 58.8 Å². The minimum Gasteiger partial charge on any atom is -0.349 e. The molecule has 0 aromatic heterocycles. The van der Waals surface area contributed by atoms with Gasteiger partial charge in [0.05, 0.1) is 19.6 Å². The molecule has 0 aromatic rings. The third kappa shape index (κ3) is 14.3. The Balaban J connectivity index is 3.83. The Bertz CT molecular complexity index is 559. The van der Waals surface area contributed by atoms with Gasteiger partial charge in [0.15, 0.2) is 17.3 Å². The van der Waals surface area contributed by atoms with Gasteiger partial charge in [-0.15, -0.1) is 0 Å². The van der Waals surface area contributed by atoms with Crippen LogP contribution >= 0.6 is 0 Å². The van der Waals surface area contributed by atoms with Crippen LogP contribution < -0.4 is 16.0 Å². The summed E-state index contributed by atoms with van der Waals surface area (Å²) < 4.78 is 0. The zero-order chi connectivity index (χ0) is 20.7. The van der Waals surface area contributed by atoms with Crippen molar-refractivity contribution in [2.75, 3.05) is 19.6 Å². The number of carbonyl (C=O) groups is 6. The van der Waals surface area contributed by atoms with Crippen LogP contribution in [0.4, 0.5) is 0 Å². The summed E-state index contributed by atoms with van der Waals surface area (Å²) in [6.07, 6.45) is 1.17. The fraction of sp³-hybridized carbons (Fsp3) is 0.667. The normalized spacial score (nSPS) is 10.0. The van der Waals surface area contributed by atoms with Gasteiger partial charge in [0.25, 0.3) is 0 Å². The molecular formula is C18H29N3O6. The van der Waals surface area contributed by atoms with Gasteiger partial charge in [-0.05, 0) is 6.42 Å². The van der Waals surface area contributed by atoms with Crippen molar-refractivity contribution in [2.24, 2.45) is 0 Å². The molecule has 0 aliphatic heterocycles. The van der Waals surface area contributed by atoms with Gasteiger partial charge in [0.1, 0.15) is 0 Å². The first kappa shape index (κ1) is 24.4. The highest BCUT2D eigenvalue weighted by Gasteiger charge is 2.11. The van der Waals surface area contributed by atoms with Crippen molar-refractivity contribution >= 4 is 35.1 Å². The van der Waals surface area contributed by atoms with E-state index in [2.05, 4.69) is 16.0 Å². The number of hydrogen-bond donors (Lipinski definition) is 3. The number of rotatable bonds is 15. The van der Waals surface area contributed by atoms with E-state index in [1.807, 2.05) is 6.92 Å². The number of amides is 3. The molecule has 0 rings (SSSR count). The maximum absolute atomic E-state index is 11.6. The molecule has 0 radical (unpaired) electrons. The van der Waals surface area contributed by atoms with Crippen molar-refractivity contribution in [3.8, 4) is 0 Å². The fourth-order valence-electron chi connectivity index (χ4n) is 1.89. The Morgan fingerprint density at radius 2 is 0.889 bits per heavy atom. The average molecular weight is 383 g/mol. The lowest BCUT2D eigenvalue weighted by Crippen LogP contribution is -2.33. The SMILES string of the molecule is CCCC(=O)NCC(=O)CCC(=O)NCC(=O)CCC(=O)NCC(=O)CC. The zero-order valence-electron chi connectivity index (χ0n) is 16.0. The third-order valence-corrected chi connectivity index (χ3v) is 3.58. The Morgan fingerprint density at radius 3 is 1.26 bits per heavy atom. The first-order valence-corrected chi connectivity index (χ1v) is 9.13. The number of hydrogen-bond acceptors (Lipinski definition) is 6. The minimum atomic E-state index is -0.449. The predicted molar refractivity (Wildman–Crippen MR) is 97.7 cm³/mol. The lowest BCUT2D eigenvalue weighted by Gasteiger charge is -2.06. The summed E-state index contributed by atoms with van der Waals surface area (Å²) in [6, 6.07) is 0. The standard InChI is InChI=1S/C18H29N3O6/c1-3-5-16(25)20-11-14(23)7-9-18(27)21-12-15(24)6-8-17(26)19-10-13(22)4-2/h3-12H2,1-2H3,(H,19,26)(H,20,25)(H,21,27). The summed E-state index contributed by atoms with van der Waals surface area (Å²) in [7, 11) is 0. The van der Waals surface area contributed by atoms with Crippen LogP contribution in [0.3, 0.4) is 0 Å². The van der Waals surface area contributed by atoms with Crippen LogP contribution in [0.1, 0.15) is 58.8 Å². The molecule has 0 aliphatic rings. The maximum Gasteiger partial charge on any atom is 0.220 e. The van der Waals surface area contributed by atoms with E-state index < -0.39 is 11.8 Å². The molecule has 9 nitrogen and oxygen atoms in total. The molecule has 3 amide bonds. The van der Waals surface area contributed by atoms with Gasteiger partial charge in [-0.1, -0.05) is 13.8 Å². The highest BCUT2D eigenvalue weighted by atomic mass is 16.2. The van der Waals surface area contributed by atoms with E-state index in [1.165, 1.54) is 0 Å². The molecule has 0 bridgehead atoms. The van der Waals surface area contributed by atoms with Crippen molar-refractivity contribution < 1.29 is 28.8 Å². The molecule has 0 aliphatic carbocycles. The van der Waals surface area contributed by atoms with E-state index in [-0.39, 0.29) is 68.6 Å². The van der Waals surface area contributed by atoms with Crippen molar-refractivity contribution in [1.82, 2.24) is 16.0 Å². The molecule has 152 valence electrons. The van der Waals surface area contributed by atoms with Crippen LogP contribution in [-0.4, -0.2) is 54.7 Å². The second-order valence-electron chi connectivity index (χ2n) is 6.05. The molecule has 0 fully saturated rings. The number of Topliss-reactive ketones (excluding diaryl/α,β-unsaturated/α-hetero) is 3. The van der Waals surface area contributed by atoms with E-state index in [4.69, 9.17) is 0 Å². The van der Waals surface area contributed by atoms with Crippen LogP contribution in [0.5, 0.6) is 0 Å². The second kappa shape index (κ2) is 14.6. The smallest absolute Gasteiger partial charge is 0.220 e. The molecular weight excluding hydrogens is 354 g/mol. The summed E-state index contributed by atoms with van der Waals surface area (Å²) in [5.74, 6) is -1.73. The molecule has 0 saturated carbocycles. The highest BCUT2D eigenvalue weighted by molar-refractivity contribution is 5.92. The number of ketones is 3.